The van der Waals surface area contributed by atoms with E-state index in [-0.39, 0.29) is 17.1 Å². The number of nitro groups is 1. The number of phenols is 1. The summed E-state index contributed by atoms with van der Waals surface area (Å²) in [7, 11) is 0. The molecule has 0 bridgehead atoms. The van der Waals surface area contributed by atoms with Gasteiger partial charge in [0.1, 0.15) is 5.75 Å². The highest BCUT2D eigenvalue weighted by Gasteiger charge is 2.11. The van der Waals surface area contributed by atoms with Crippen LogP contribution in [0.5, 0.6) is 5.75 Å². The number of phenolic OH excluding ortho intramolecular Hbond substituents is 1. The second-order valence-electron chi connectivity index (χ2n) is 4.67. The van der Waals surface area contributed by atoms with Gasteiger partial charge >= 0.3 is 0 Å². The molecule has 8 heteroatoms. The van der Waals surface area contributed by atoms with Gasteiger partial charge in [0.25, 0.3) is 5.69 Å². The molecule has 0 atom stereocenters. The summed E-state index contributed by atoms with van der Waals surface area (Å²) in [4.78, 5) is 21.9. The standard InChI is InChI=1S/C15H14N4O4/c16-10-2-4-12(17)9(7-10)1-6-15(21)18-13-8-11(19(22)23)3-5-14(13)20/h1-8,20H,16-17H2,(H,18,21)/b6-1+. The quantitative estimate of drug-likeness (QED) is 0.223. The third-order valence-electron chi connectivity index (χ3n) is 2.97. The summed E-state index contributed by atoms with van der Waals surface area (Å²) in [6.45, 7) is 0. The second kappa shape index (κ2) is 6.48. The fraction of sp³-hybridized carbons (Fsp3) is 0. The normalized spacial score (nSPS) is 10.6. The summed E-state index contributed by atoms with van der Waals surface area (Å²) < 4.78 is 0. The van der Waals surface area contributed by atoms with Crippen molar-refractivity contribution >= 4 is 34.7 Å². The van der Waals surface area contributed by atoms with Gasteiger partial charge in [-0.1, -0.05) is 0 Å². The van der Waals surface area contributed by atoms with Crippen LogP contribution >= 0.6 is 0 Å². The first kappa shape index (κ1) is 15.8. The fourth-order valence-corrected chi connectivity index (χ4v) is 1.82. The number of aromatic hydroxyl groups is 1. The molecule has 8 nitrogen and oxygen atoms in total. The van der Waals surface area contributed by atoms with E-state index in [0.29, 0.717) is 16.9 Å². The summed E-state index contributed by atoms with van der Waals surface area (Å²) in [5, 5.41) is 22.7. The lowest BCUT2D eigenvalue weighted by atomic mass is 10.1. The molecule has 23 heavy (non-hydrogen) atoms. The van der Waals surface area contributed by atoms with Crippen LogP contribution in [-0.4, -0.2) is 15.9 Å². The molecule has 0 spiro atoms. The van der Waals surface area contributed by atoms with Crippen molar-refractivity contribution in [1.82, 2.24) is 0 Å². The number of nitrogen functional groups attached to an aromatic ring is 2. The smallest absolute Gasteiger partial charge is 0.271 e. The Morgan fingerprint density at radius 1 is 1.22 bits per heavy atom. The molecule has 0 aliphatic heterocycles. The minimum Gasteiger partial charge on any atom is -0.506 e. The lowest BCUT2D eigenvalue weighted by Crippen LogP contribution is -2.08. The minimum atomic E-state index is -0.627. The molecule has 1 amide bonds. The number of nitro benzene ring substituents is 1. The number of hydrogen-bond donors (Lipinski definition) is 4. The van der Waals surface area contributed by atoms with Gasteiger partial charge in [0.15, 0.2) is 0 Å². The van der Waals surface area contributed by atoms with E-state index in [1.807, 2.05) is 0 Å². The van der Waals surface area contributed by atoms with Crippen molar-refractivity contribution < 1.29 is 14.8 Å². The number of nitrogens with zero attached hydrogens (tertiary/aromatic N) is 1. The van der Waals surface area contributed by atoms with E-state index in [9.17, 15) is 20.0 Å². The first-order valence-electron chi connectivity index (χ1n) is 6.48. The van der Waals surface area contributed by atoms with Crippen molar-refractivity contribution in [3.8, 4) is 5.75 Å². The Hall–Kier alpha value is -3.55. The van der Waals surface area contributed by atoms with Crippen LogP contribution in [0.25, 0.3) is 6.08 Å². The van der Waals surface area contributed by atoms with Crippen molar-refractivity contribution in [2.45, 2.75) is 0 Å². The predicted octanol–water partition coefficient (Wildman–Crippen LogP) is 2.12. The zero-order valence-corrected chi connectivity index (χ0v) is 11.9. The molecule has 0 aliphatic carbocycles. The molecular weight excluding hydrogens is 300 g/mol. The van der Waals surface area contributed by atoms with Gasteiger partial charge in [0.2, 0.25) is 5.91 Å². The lowest BCUT2D eigenvalue weighted by Gasteiger charge is -2.05. The topological polar surface area (TPSA) is 145 Å². The molecule has 118 valence electrons. The molecule has 0 radical (unpaired) electrons. The summed E-state index contributed by atoms with van der Waals surface area (Å²) in [6.07, 6.45) is 2.64. The first-order valence-corrected chi connectivity index (χ1v) is 6.48. The molecule has 0 saturated carbocycles. The number of nitrogens with one attached hydrogen (secondary N) is 1. The van der Waals surface area contributed by atoms with Crippen molar-refractivity contribution in [2.24, 2.45) is 0 Å². The van der Waals surface area contributed by atoms with Gasteiger partial charge in [-0.2, -0.15) is 0 Å². The largest absolute Gasteiger partial charge is 0.506 e. The van der Waals surface area contributed by atoms with Crippen LogP contribution in [0.2, 0.25) is 0 Å². The van der Waals surface area contributed by atoms with Crippen LogP contribution in [0.3, 0.4) is 0 Å². The van der Waals surface area contributed by atoms with Gasteiger partial charge in [-0.25, -0.2) is 0 Å². The lowest BCUT2D eigenvalue weighted by molar-refractivity contribution is -0.384. The zero-order valence-electron chi connectivity index (χ0n) is 11.9. The molecule has 0 aliphatic rings. The van der Waals surface area contributed by atoms with Gasteiger partial charge < -0.3 is 21.9 Å². The van der Waals surface area contributed by atoms with Crippen molar-refractivity contribution in [1.29, 1.82) is 0 Å². The van der Waals surface area contributed by atoms with E-state index in [2.05, 4.69) is 5.32 Å². The van der Waals surface area contributed by atoms with Crippen LogP contribution in [-0.2, 0) is 4.79 Å². The predicted molar refractivity (Wildman–Crippen MR) is 87.7 cm³/mol. The van der Waals surface area contributed by atoms with Gasteiger partial charge in [0, 0.05) is 29.6 Å². The fourth-order valence-electron chi connectivity index (χ4n) is 1.82. The highest BCUT2D eigenvalue weighted by Crippen LogP contribution is 2.27. The summed E-state index contributed by atoms with van der Waals surface area (Å²) >= 11 is 0. The molecule has 0 saturated heterocycles. The number of benzene rings is 2. The molecule has 0 unspecified atom stereocenters. The van der Waals surface area contributed by atoms with Gasteiger partial charge in [-0.05, 0) is 35.9 Å². The molecule has 0 aromatic heterocycles. The SMILES string of the molecule is Nc1ccc(N)c(/C=C/C(=O)Nc2cc([N+](=O)[O-])ccc2O)c1. The van der Waals surface area contributed by atoms with E-state index in [1.165, 1.54) is 12.2 Å². The number of nitrogens with two attached hydrogens (primary N) is 2. The average molecular weight is 314 g/mol. The Balaban J connectivity index is 2.16. The van der Waals surface area contributed by atoms with E-state index < -0.39 is 10.8 Å². The first-order chi connectivity index (χ1) is 10.9. The van der Waals surface area contributed by atoms with Gasteiger partial charge in [-0.15, -0.1) is 0 Å². The Morgan fingerprint density at radius 2 is 1.96 bits per heavy atom. The van der Waals surface area contributed by atoms with Gasteiger partial charge in [0.05, 0.1) is 10.6 Å². The van der Waals surface area contributed by atoms with Crippen LogP contribution in [0, 0.1) is 10.1 Å². The molecule has 2 rings (SSSR count). The molecule has 2 aromatic carbocycles. The number of hydrogen-bond acceptors (Lipinski definition) is 6. The van der Waals surface area contributed by atoms with Crippen molar-refractivity contribution in [2.75, 3.05) is 16.8 Å². The van der Waals surface area contributed by atoms with E-state index in [0.717, 1.165) is 18.2 Å². The third-order valence-corrected chi connectivity index (χ3v) is 2.97. The molecular formula is C15H14N4O4. The zero-order chi connectivity index (χ0) is 17.0. The molecule has 6 N–H and O–H groups in total. The number of anilines is 3. The Labute approximate surface area is 131 Å². The Morgan fingerprint density at radius 3 is 2.65 bits per heavy atom. The highest BCUT2D eigenvalue weighted by molar-refractivity contribution is 6.03. The maximum atomic E-state index is 11.9. The maximum absolute atomic E-state index is 11.9. The third kappa shape index (κ3) is 3.97. The molecule has 0 fully saturated rings. The van der Waals surface area contributed by atoms with Crippen molar-refractivity contribution in [3.63, 3.8) is 0 Å². The second-order valence-corrected chi connectivity index (χ2v) is 4.67. The Bertz CT molecular complexity index is 802. The maximum Gasteiger partial charge on any atom is 0.271 e. The number of carbonyl (C=O) groups is 1. The van der Waals surface area contributed by atoms with Crippen molar-refractivity contribution in [3.05, 3.63) is 58.2 Å². The highest BCUT2D eigenvalue weighted by atomic mass is 16.6. The molecule has 0 heterocycles. The van der Waals surface area contributed by atoms with E-state index in [1.54, 1.807) is 18.2 Å². The number of rotatable bonds is 4. The number of non-ortho nitro benzene ring substituents is 1. The van der Waals surface area contributed by atoms with Gasteiger partial charge in [-0.3, -0.25) is 14.9 Å². The minimum absolute atomic E-state index is 0.0607. The summed E-state index contributed by atoms with van der Waals surface area (Å²) in [5.41, 5.74) is 12.6. The summed E-state index contributed by atoms with van der Waals surface area (Å²) in [6, 6.07) is 8.18. The average Bonchev–Trinajstić information content (AvgIpc) is 2.50. The Kier molecular flexibility index (Phi) is 4.46. The monoisotopic (exact) mass is 314 g/mol. The number of carbonyl (C=O) groups excluding carboxylic acids is 1. The van der Waals surface area contributed by atoms with E-state index in [4.69, 9.17) is 11.5 Å². The summed E-state index contributed by atoms with van der Waals surface area (Å²) in [5.74, 6) is -0.858. The molecule has 2 aromatic rings. The van der Waals surface area contributed by atoms with Crippen LogP contribution in [0.4, 0.5) is 22.7 Å². The number of amides is 1. The van der Waals surface area contributed by atoms with Crippen LogP contribution in [0.15, 0.2) is 42.5 Å². The van der Waals surface area contributed by atoms with Crippen LogP contribution < -0.4 is 16.8 Å². The van der Waals surface area contributed by atoms with Crippen LogP contribution in [0.1, 0.15) is 5.56 Å². The van der Waals surface area contributed by atoms with E-state index >= 15 is 0 Å².